The molecule has 2 rings (SSSR count). The van der Waals surface area contributed by atoms with Crippen molar-refractivity contribution in [1.29, 1.82) is 0 Å². The maximum Gasteiger partial charge on any atom is 0.139 e. The van der Waals surface area contributed by atoms with Gasteiger partial charge in [-0.1, -0.05) is 48.0 Å². The molecule has 0 aromatic heterocycles. The lowest BCUT2D eigenvalue weighted by molar-refractivity contribution is 0.109. The molecule has 0 unspecified atom stereocenters. The van der Waals surface area contributed by atoms with Gasteiger partial charge in [0.25, 0.3) is 0 Å². The molecule has 100 valence electrons. The van der Waals surface area contributed by atoms with Crippen molar-refractivity contribution in [2.45, 2.75) is 26.0 Å². The molecule has 0 aliphatic carbocycles. The highest BCUT2D eigenvalue weighted by molar-refractivity contribution is 6.32. The summed E-state index contributed by atoms with van der Waals surface area (Å²) in [6.07, 6.45) is 0. The van der Waals surface area contributed by atoms with Gasteiger partial charge in [-0.15, -0.1) is 0 Å². The van der Waals surface area contributed by atoms with E-state index in [1.165, 1.54) is 0 Å². The lowest BCUT2D eigenvalue weighted by atomic mass is 9.98. The van der Waals surface area contributed by atoms with Crippen LogP contribution in [-0.4, -0.2) is 0 Å². The third-order valence-electron chi connectivity index (χ3n) is 3.07. The van der Waals surface area contributed by atoms with Crippen molar-refractivity contribution in [2.24, 2.45) is 5.73 Å². The van der Waals surface area contributed by atoms with Crippen LogP contribution < -0.4 is 10.5 Å². The largest absolute Gasteiger partial charge is 0.482 e. The number of rotatable bonds is 4. The second kappa shape index (κ2) is 5.64. The summed E-state index contributed by atoms with van der Waals surface area (Å²) in [5.41, 5.74) is 7.25. The van der Waals surface area contributed by atoms with Gasteiger partial charge in [0.1, 0.15) is 11.4 Å². The van der Waals surface area contributed by atoms with Crippen molar-refractivity contribution in [3.8, 4) is 5.75 Å². The first kappa shape index (κ1) is 13.9. The van der Waals surface area contributed by atoms with Crippen LogP contribution in [0.15, 0.2) is 48.5 Å². The Labute approximate surface area is 119 Å². The zero-order valence-electron chi connectivity index (χ0n) is 11.2. The van der Waals surface area contributed by atoms with E-state index in [1.807, 2.05) is 62.4 Å². The van der Waals surface area contributed by atoms with Crippen molar-refractivity contribution >= 4 is 11.6 Å². The number of halogens is 1. The first-order valence-electron chi connectivity index (χ1n) is 6.26. The number of hydrogen-bond donors (Lipinski definition) is 1. The highest BCUT2D eigenvalue weighted by Gasteiger charge is 2.23. The van der Waals surface area contributed by atoms with Gasteiger partial charge < -0.3 is 10.5 Å². The number of benzene rings is 2. The van der Waals surface area contributed by atoms with Gasteiger partial charge in [0.15, 0.2) is 0 Å². The lowest BCUT2D eigenvalue weighted by Crippen LogP contribution is -2.25. The van der Waals surface area contributed by atoms with Crippen LogP contribution in [0.3, 0.4) is 0 Å². The Morgan fingerprint density at radius 2 is 1.79 bits per heavy atom. The predicted molar refractivity (Wildman–Crippen MR) is 79.4 cm³/mol. The van der Waals surface area contributed by atoms with E-state index in [1.54, 1.807) is 0 Å². The van der Waals surface area contributed by atoms with Crippen LogP contribution in [0.5, 0.6) is 5.75 Å². The zero-order valence-corrected chi connectivity index (χ0v) is 11.9. The number of hydrogen-bond acceptors (Lipinski definition) is 2. The van der Waals surface area contributed by atoms with Crippen LogP contribution in [-0.2, 0) is 12.1 Å². The summed E-state index contributed by atoms with van der Waals surface area (Å²) < 4.78 is 6.05. The molecular weight excluding hydrogens is 258 g/mol. The van der Waals surface area contributed by atoms with E-state index in [0.29, 0.717) is 17.3 Å². The molecule has 0 bridgehead atoms. The van der Waals surface area contributed by atoms with Gasteiger partial charge in [-0.3, -0.25) is 0 Å². The maximum atomic E-state index is 6.22. The third-order valence-corrected chi connectivity index (χ3v) is 3.36. The van der Waals surface area contributed by atoms with E-state index in [2.05, 4.69) is 0 Å². The van der Waals surface area contributed by atoms with Gasteiger partial charge >= 0.3 is 0 Å². The van der Waals surface area contributed by atoms with Crippen LogP contribution in [0.1, 0.15) is 25.0 Å². The quantitative estimate of drug-likeness (QED) is 0.911. The maximum absolute atomic E-state index is 6.22. The first-order chi connectivity index (χ1) is 9.03. The molecule has 0 heterocycles. The van der Waals surface area contributed by atoms with Crippen molar-refractivity contribution in [3.63, 3.8) is 0 Å². The first-order valence-corrected chi connectivity index (χ1v) is 6.64. The Morgan fingerprint density at radius 1 is 1.11 bits per heavy atom. The van der Waals surface area contributed by atoms with E-state index in [0.717, 1.165) is 11.1 Å². The molecule has 0 aliphatic heterocycles. The second-order valence-electron chi connectivity index (χ2n) is 4.95. The van der Waals surface area contributed by atoms with Crippen molar-refractivity contribution in [3.05, 3.63) is 64.7 Å². The minimum Gasteiger partial charge on any atom is -0.482 e. The SMILES string of the molecule is CC(C)(Oc1ccc(CN)cc1Cl)c1ccccc1. The van der Waals surface area contributed by atoms with Crippen LogP contribution in [0.4, 0.5) is 0 Å². The molecule has 0 atom stereocenters. The molecule has 0 aliphatic rings. The number of ether oxygens (including phenoxy) is 1. The summed E-state index contributed by atoms with van der Waals surface area (Å²) in [5, 5.41) is 0.590. The summed E-state index contributed by atoms with van der Waals surface area (Å²) >= 11 is 6.22. The molecule has 0 amide bonds. The molecule has 0 saturated carbocycles. The monoisotopic (exact) mass is 275 g/mol. The average Bonchev–Trinajstić information content (AvgIpc) is 2.42. The fourth-order valence-electron chi connectivity index (χ4n) is 1.93. The number of nitrogens with two attached hydrogens (primary N) is 1. The van der Waals surface area contributed by atoms with Gasteiger partial charge in [-0.2, -0.15) is 0 Å². The molecule has 2 nitrogen and oxygen atoms in total. The average molecular weight is 276 g/mol. The van der Waals surface area contributed by atoms with Gasteiger partial charge in [0, 0.05) is 6.54 Å². The fraction of sp³-hybridized carbons (Fsp3) is 0.250. The molecule has 0 fully saturated rings. The summed E-state index contributed by atoms with van der Waals surface area (Å²) in [5.74, 6) is 0.674. The van der Waals surface area contributed by atoms with Crippen LogP contribution in [0.25, 0.3) is 0 Å². The van der Waals surface area contributed by atoms with Crippen molar-refractivity contribution in [2.75, 3.05) is 0 Å². The van der Waals surface area contributed by atoms with Gasteiger partial charge in [-0.05, 0) is 37.1 Å². The molecule has 2 aromatic rings. The van der Waals surface area contributed by atoms with Gasteiger partial charge in [0.2, 0.25) is 0 Å². The normalized spacial score (nSPS) is 11.4. The van der Waals surface area contributed by atoms with Crippen LogP contribution in [0.2, 0.25) is 5.02 Å². The Balaban J connectivity index is 2.25. The molecule has 0 radical (unpaired) electrons. The molecule has 3 heteroatoms. The summed E-state index contributed by atoms with van der Waals surface area (Å²) in [6, 6.07) is 15.7. The Bertz CT molecular complexity index is 552. The predicted octanol–water partition coefficient (Wildman–Crippen LogP) is 4.11. The summed E-state index contributed by atoms with van der Waals surface area (Å²) in [6.45, 7) is 4.52. The van der Waals surface area contributed by atoms with Crippen LogP contribution >= 0.6 is 11.6 Å². The Kier molecular flexibility index (Phi) is 4.13. The molecule has 2 aromatic carbocycles. The van der Waals surface area contributed by atoms with E-state index in [4.69, 9.17) is 22.1 Å². The molecule has 0 spiro atoms. The lowest BCUT2D eigenvalue weighted by Gasteiger charge is -2.27. The Morgan fingerprint density at radius 3 is 2.37 bits per heavy atom. The van der Waals surface area contributed by atoms with Crippen LogP contribution in [0, 0.1) is 0 Å². The second-order valence-corrected chi connectivity index (χ2v) is 5.35. The third kappa shape index (κ3) is 3.28. The topological polar surface area (TPSA) is 35.2 Å². The highest BCUT2D eigenvalue weighted by Crippen LogP contribution is 2.32. The molecule has 2 N–H and O–H groups in total. The van der Waals surface area contributed by atoms with Crippen molar-refractivity contribution in [1.82, 2.24) is 0 Å². The van der Waals surface area contributed by atoms with Gasteiger partial charge in [-0.25, -0.2) is 0 Å². The summed E-state index contributed by atoms with van der Waals surface area (Å²) in [7, 11) is 0. The standard InChI is InChI=1S/C16H18ClNO/c1-16(2,13-6-4-3-5-7-13)19-15-9-8-12(11-18)10-14(15)17/h3-10H,11,18H2,1-2H3. The van der Waals surface area contributed by atoms with E-state index < -0.39 is 5.60 Å². The van der Waals surface area contributed by atoms with Gasteiger partial charge in [0.05, 0.1) is 5.02 Å². The fourth-order valence-corrected chi connectivity index (χ4v) is 2.17. The molecular formula is C16H18ClNO. The zero-order chi connectivity index (χ0) is 13.9. The minimum absolute atomic E-state index is 0.435. The molecule has 0 saturated heterocycles. The van der Waals surface area contributed by atoms with E-state index in [-0.39, 0.29) is 0 Å². The van der Waals surface area contributed by atoms with E-state index in [9.17, 15) is 0 Å². The van der Waals surface area contributed by atoms with Crippen molar-refractivity contribution < 1.29 is 4.74 Å². The summed E-state index contributed by atoms with van der Waals surface area (Å²) in [4.78, 5) is 0. The van der Waals surface area contributed by atoms with E-state index >= 15 is 0 Å². The molecule has 19 heavy (non-hydrogen) atoms. The highest BCUT2D eigenvalue weighted by atomic mass is 35.5. The Hall–Kier alpha value is -1.51. The smallest absolute Gasteiger partial charge is 0.139 e. The minimum atomic E-state index is -0.435.